The predicted octanol–water partition coefficient (Wildman–Crippen LogP) is 7.61. The van der Waals surface area contributed by atoms with Crippen molar-refractivity contribution in [3.63, 3.8) is 0 Å². The summed E-state index contributed by atoms with van der Waals surface area (Å²) in [7, 11) is 0. The van der Waals surface area contributed by atoms with Crippen molar-refractivity contribution in [1.82, 2.24) is 0 Å². The molecule has 3 nitrogen and oxygen atoms in total. The number of allylic oxidation sites excluding steroid dienone is 1. The summed E-state index contributed by atoms with van der Waals surface area (Å²) >= 11 is 2.47. The van der Waals surface area contributed by atoms with E-state index in [2.05, 4.69) is 99.7 Å². The Labute approximate surface area is 208 Å². The molecule has 0 radical (unpaired) electrons. The molecule has 1 aliphatic rings. The molecule has 176 valence electrons. The number of nitrogens with two attached hydrogens (primary N) is 1. The van der Waals surface area contributed by atoms with Crippen LogP contribution in [-0.2, 0) is 4.74 Å². The number of hydrogen-bond acceptors (Lipinski definition) is 3. The van der Waals surface area contributed by atoms with Crippen LogP contribution in [0, 0.1) is 6.92 Å². The van der Waals surface area contributed by atoms with Gasteiger partial charge >= 0.3 is 0 Å². The summed E-state index contributed by atoms with van der Waals surface area (Å²) in [4.78, 5) is 0. The number of unbranched alkanes of at least 4 members (excludes halogenated alkanes) is 1. The lowest BCUT2D eigenvalue weighted by Crippen LogP contribution is -2.31. The molecule has 4 unspecified atom stereocenters. The summed E-state index contributed by atoms with van der Waals surface area (Å²) < 4.78 is 6.64. The Morgan fingerprint density at radius 3 is 2.50 bits per heavy atom. The highest BCUT2D eigenvalue weighted by Crippen LogP contribution is 2.38. The van der Waals surface area contributed by atoms with Crippen LogP contribution in [0.25, 0.3) is 6.08 Å². The number of alkyl halides is 1. The molecule has 0 aromatic heterocycles. The van der Waals surface area contributed by atoms with Crippen LogP contribution in [0.3, 0.4) is 0 Å². The van der Waals surface area contributed by atoms with Crippen LogP contribution in [0.1, 0.15) is 87.7 Å². The highest BCUT2D eigenvalue weighted by atomic mass is 127. The van der Waals surface area contributed by atoms with Crippen molar-refractivity contribution >= 4 is 34.4 Å². The maximum atomic E-state index is 9.54. The average molecular weight is 550 g/mol. The lowest BCUT2D eigenvalue weighted by molar-refractivity contribution is -0.0696. The molecule has 4 atom stereocenters. The van der Waals surface area contributed by atoms with Crippen molar-refractivity contribution in [2.45, 2.75) is 82.4 Å². The molecule has 1 saturated heterocycles. The number of anilines is 1. The third kappa shape index (κ3) is 7.60. The number of aryl methyl sites for hydroxylation is 1. The minimum Gasteiger partial charge on any atom is -0.398 e. The molecule has 0 saturated carbocycles. The van der Waals surface area contributed by atoms with Gasteiger partial charge in [-0.2, -0.15) is 0 Å². The van der Waals surface area contributed by atoms with E-state index in [4.69, 9.17) is 10.5 Å². The summed E-state index contributed by atoms with van der Waals surface area (Å²) in [5.74, 6) is 0.215. The molecule has 2 aromatic rings. The Balaban J connectivity index is 0.000000837. The van der Waals surface area contributed by atoms with Crippen LogP contribution in [0.4, 0.5) is 5.69 Å². The fourth-order valence-corrected chi connectivity index (χ4v) is 4.85. The molecule has 3 rings (SSSR count). The lowest BCUT2D eigenvalue weighted by Gasteiger charge is -2.33. The lowest BCUT2D eigenvalue weighted by atomic mass is 9.88. The summed E-state index contributed by atoms with van der Waals surface area (Å²) in [6, 6.07) is 14.7. The number of benzene rings is 2. The van der Waals surface area contributed by atoms with E-state index in [1.54, 1.807) is 0 Å². The molecule has 3 N–H and O–H groups in total. The topological polar surface area (TPSA) is 55.5 Å². The van der Waals surface area contributed by atoms with Crippen molar-refractivity contribution in [2.24, 2.45) is 0 Å². The Hall–Kier alpha value is -1.37. The number of aliphatic hydroxyl groups excluding tert-OH is 1. The second-order valence-corrected chi connectivity index (χ2v) is 10.6. The minimum atomic E-state index is -0.0817. The maximum absolute atomic E-state index is 9.54. The Morgan fingerprint density at radius 2 is 1.88 bits per heavy atom. The first-order chi connectivity index (χ1) is 15.3. The molecule has 32 heavy (non-hydrogen) atoms. The molecule has 1 fully saturated rings. The number of nitrogen functional groups attached to an aromatic ring is 1. The Morgan fingerprint density at radius 1 is 1.19 bits per heavy atom. The van der Waals surface area contributed by atoms with Gasteiger partial charge in [0.1, 0.15) is 0 Å². The molecule has 0 spiro atoms. The van der Waals surface area contributed by atoms with Gasteiger partial charge in [-0.1, -0.05) is 104 Å². The third-order valence-corrected chi connectivity index (χ3v) is 7.27. The first-order valence-electron chi connectivity index (χ1n) is 11.8. The van der Waals surface area contributed by atoms with Gasteiger partial charge in [-0.15, -0.1) is 0 Å². The molecule has 4 heteroatoms. The van der Waals surface area contributed by atoms with Gasteiger partial charge in [-0.3, -0.25) is 0 Å². The van der Waals surface area contributed by atoms with E-state index < -0.39 is 0 Å². The number of ether oxygens (including phenoxy) is 1. The molecular formula is C28H40INO2. The van der Waals surface area contributed by atoms with E-state index in [1.165, 1.54) is 29.5 Å². The van der Waals surface area contributed by atoms with Crippen LogP contribution < -0.4 is 5.73 Å². The largest absolute Gasteiger partial charge is 0.398 e. The zero-order valence-electron chi connectivity index (χ0n) is 20.3. The summed E-state index contributed by atoms with van der Waals surface area (Å²) in [6.45, 7) is 11.0. The molecular weight excluding hydrogens is 509 g/mol. The zero-order valence-corrected chi connectivity index (χ0v) is 22.4. The number of aliphatic hydroxyl groups is 1. The van der Waals surface area contributed by atoms with Crippen molar-refractivity contribution in [1.29, 1.82) is 0 Å². The van der Waals surface area contributed by atoms with Gasteiger partial charge in [-0.25, -0.2) is 0 Å². The van der Waals surface area contributed by atoms with Gasteiger partial charge in [-0.05, 0) is 55.0 Å². The van der Waals surface area contributed by atoms with Crippen LogP contribution in [0.5, 0.6) is 0 Å². The SMILES string of the molecule is C/C(=C\c1ccccc1C)C(C)c1cc(C2CC(I)CC(CO)O2)ccc1N.CCCC. The van der Waals surface area contributed by atoms with Crippen LogP contribution in [0.2, 0.25) is 0 Å². The fourth-order valence-electron chi connectivity index (χ4n) is 3.82. The van der Waals surface area contributed by atoms with Crippen LogP contribution >= 0.6 is 22.6 Å². The minimum absolute atomic E-state index is 0.0139. The first-order valence-corrected chi connectivity index (χ1v) is 13.1. The van der Waals surface area contributed by atoms with Crippen LogP contribution in [0.15, 0.2) is 48.0 Å². The van der Waals surface area contributed by atoms with Gasteiger partial charge in [0.05, 0.1) is 18.8 Å². The molecule has 0 amide bonds. The quantitative estimate of drug-likeness (QED) is 0.222. The highest BCUT2D eigenvalue weighted by Gasteiger charge is 2.29. The van der Waals surface area contributed by atoms with Crippen molar-refractivity contribution in [3.05, 3.63) is 70.3 Å². The molecule has 0 bridgehead atoms. The molecule has 2 aromatic carbocycles. The highest BCUT2D eigenvalue weighted by molar-refractivity contribution is 14.1. The van der Waals surface area contributed by atoms with E-state index >= 15 is 0 Å². The van der Waals surface area contributed by atoms with E-state index in [-0.39, 0.29) is 24.7 Å². The van der Waals surface area contributed by atoms with Crippen molar-refractivity contribution in [2.75, 3.05) is 12.3 Å². The normalized spacial score (nSPS) is 22.1. The summed E-state index contributed by atoms with van der Waals surface area (Å²) in [6.07, 6.45) is 6.70. The number of halogens is 1. The molecule has 1 aliphatic heterocycles. The summed E-state index contributed by atoms with van der Waals surface area (Å²) in [5.41, 5.74) is 13.3. The predicted molar refractivity (Wildman–Crippen MR) is 146 cm³/mol. The summed E-state index contributed by atoms with van der Waals surface area (Å²) in [5, 5.41) is 9.54. The second kappa shape index (κ2) is 13.4. The van der Waals surface area contributed by atoms with Gasteiger partial charge in [0.15, 0.2) is 0 Å². The van der Waals surface area contributed by atoms with Crippen molar-refractivity contribution in [3.8, 4) is 0 Å². The van der Waals surface area contributed by atoms with E-state index in [9.17, 15) is 5.11 Å². The Kier molecular flexibility index (Phi) is 11.2. The van der Waals surface area contributed by atoms with Gasteiger partial charge in [0, 0.05) is 15.5 Å². The third-order valence-electron chi connectivity index (χ3n) is 6.25. The first kappa shape index (κ1) is 26.9. The average Bonchev–Trinajstić information content (AvgIpc) is 2.80. The second-order valence-electron chi connectivity index (χ2n) is 8.85. The monoisotopic (exact) mass is 549 g/mol. The van der Waals surface area contributed by atoms with Crippen LogP contribution in [-0.4, -0.2) is 21.7 Å². The molecule has 1 heterocycles. The van der Waals surface area contributed by atoms with Gasteiger partial charge < -0.3 is 15.6 Å². The number of rotatable bonds is 6. The van der Waals surface area contributed by atoms with Crippen molar-refractivity contribution < 1.29 is 9.84 Å². The van der Waals surface area contributed by atoms with Gasteiger partial charge in [0.2, 0.25) is 0 Å². The fraction of sp³-hybridized carbons (Fsp3) is 0.500. The number of hydrogen-bond donors (Lipinski definition) is 2. The smallest absolute Gasteiger partial charge is 0.0840 e. The van der Waals surface area contributed by atoms with E-state index in [1.807, 2.05) is 6.07 Å². The van der Waals surface area contributed by atoms with Gasteiger partial charge in [0.25, 0.3) is 0 Å². The van der Waals surface area contributed by atoms with E-state index in [0.717, 1.165) is 29.7 Å². The molecule has 0 aliphatic carbocycles. The maximum Gasteiger partial charge on any atom is 0.0840 e. The Bertz CT molecular complexity index is 877. The van der Waals surface area contributed by atoms with E-state index in [0.29, 0.717) is 3.92 Å². The standard InChI is InChI=1S/C24H30INO2.C4H10/c1-15-6-4-5-7-18(15)10-16(2)17(3)22-11-19(8-9-23(22)26)24-13-20(25)12-21(14-27)28-24;1-3-4-2/h4-11,17,20-21,24,27H,12-14,26H2,1-3H3;3-4H2,1-2H3/b16-10+;. The zero-order chi connectivity index (χ0) is 23.7.